The molecular weight excluding hydrogens is 626 g/mol. The minimum absolute atomic E-state index is 0.0737. The van der Waals surface area contributed by atoms with Crippen molar-refractivity contribution in [2.45, 2.75) is 33.3 Å². The number of halogens is 2. The summed E-state index contributed by atoms with van der Waals surface area (Å²) in [6.07, 6.45) is 3.81. The summed E-state index contributed by atoms with van der Waals surface area (Å²) in [5.74, 6) is -2.10. The van der Waals surface area contributed by atoms with Crippen LogP contribution in [0.5, 0.6) is 0 Å². The largest absolute Gasteiger partial charge is 0.394 e. The molecule has 0 radical (unpaired) electrons. The number of rotatable bonds is 10. The number of alkyl halides is 1. The maximum absolute atomic E-state index is 14.8. The average Bonchev–Trinajstić information content (AvgIpc) is 3.56. The van der Waals surface area contributed by atoms with E-state index in [2.05, 4.69) is 29.1 Å². The van der Waals surface area contributed by atoms with Gasteiger partial charge in [-0.2, -0.15) is 0 Å². The summed E-state index contributed by atoms with van der Waals surface area (Å²) in [6, 6.07) is 14.6. The maximum atomic E-state index is 14.8. The number of benzene rings is 2. The number of hydrogen-bond donors (Lipinski definition) is 1. The van der Waals surface area contributed by atoms with Crippen molar-refractivity contribution in [3.8, 4) is 0 Å². The van der Waals surface area contributed by atoms with Crippen LogP contribution in [-0.4, -0.2) is 80.2 Å². The number of hydrogen-bond acceptors (Lipinski definition) is 5. The van der Waals surface area contributed by atoms with Crippen molar-refractivity contribution in [2.75, 3.05) is 31.6 Å². The second kappa shape index (κ2) is 12.0. The fraction of sp³-hybridized carbons (Fsp3) is 0.387. The number of fused-ring (bicyclic) bond motifs is 1. The minimum atomic E-state index is -0.953. The Kier molecular flexibility index (Phi) is 8.71. The summed E-state index contributed by atoms with van der Waals surface area (Å²) < 4.78 is -0.884. The van der Waals surface area contributed by atoms with Gasteiger partial charge >= 0.3 is 0 Å². The van der Waals surface area contributed by atoms with E-state index in [-0.39, 0.29) is 41.0 Å². The Morgan fingerprint density at radius 1 is 1.15 bits per heavy atom. The van der Waals surface area contributed by atoms with Gasteiger partial charge in [0.1, 0.15) is 6.04 Å². The number of thioether (sulfide) groups is 1. The van der Waals surface area contributed by atoms with Crippen molar-refractivity contribution in [1.82, 2.24) is 9.80 Å². The molecular formula is C31H33BrClN3O4S. The van der Waals surface area contributed by atoms with Crippen LogP contribution >= 0.6 is 39.3 Å². The van der Waals surface area contributed by atoms with Gasteiger partial charge in [-0.15, -0.1) is 24.9 Å². The lowest BCUT2D eigenvalue weighted by molar-refractivity contribution is -0.144. The van der Waals surface area contributed by atoms with E-state index < -0.39 is 28.7 Å². The number of aliphatic hydroxyl groups excluding tert-OH is 1. The molecule has 0 aromatic heterocycles. The molecule has 0 saturated carbocycles. The van der Waals surface area contributed by atoms with Crippen LogP contribution in [-0.2, 0) is 14.4 Å². The van der Waals surface area contributed by atoms with Crippen molar-refractivity contribution in [1.29, 1.82) is 0 Å². The second-order valence-electron chi connectivity index (χ2n) is 10.7. The molecule has 2 aromatic carbocycles. The smallest absolute Gasteiger partial charge is 0.251 e. The normalized spacial score (nSPS) is 28.7. The van der Waals surface area contributed by atoms with Crippen molar-refractivity contribution in [2.24, 2.45) is 11.8 Å². The Hall–Kier alpha value is -2.59. The SMILES string of the molecule is C=CCN(C)C(=O)[C@H]1[C@@H]2SC3(CC2Br)C(C(=O)N(CC=C)c2ccccc2Cl)N([C@H](CO)c2ccccc2)C(=O)[C@H]13. The zero-order valence-corrected chi connectivity index (χ0v) is 25.9. The first-order valence-electron chi connectivity index (χ1n) is 13.5. The first-order valence-corrected chi connectivity index (χ1v) is 15.7. The number of carbonyl (C=O) groups is 3. The highest BCUT2D eigenvalue weighted by atomic mass is 79.9. The number of para-hydroxylation sites is 1. The monoisotopic (exact) mass is 657 g/mol. The van der Waals surface area contributed by atoms with Gasteiger partial charge in [0.15, 0.2) is 0 Å². The molecule has 1 N–H and O–H groups in total. The van der Waals surface area contributed by atoms with Crippen LogP contribution in [0.1, 0.15) is 18.0 Å². The lowest BCUT2D eigenvalue weighted by Crippen LogP contribution is -2.56. The Labute approximate surface area is 258 Å². The molecule has 3 fully saturated rings. The number of carbonyl (C=O) groups excluding carboxylic acids is 3. The molecule has 2 bridgehead atoms. The fourth-order valence-electron chi connectivity index (χ4n) is 6.79. The number of likely N-dealkylation sites (tertiary alicyclic amines) is 1. The third kappa shape index (κ3) is 4.84. The molecule has 3 saturated heterocycles. The van der Waals surface area contributed by atoms with Gasteiger partial charge in [-0.1, -0.05) is 82.1 Å². The highest BCUT2D eigenvalue weighted by Gasteiger charge is 2.76. The standard InChI is InChI=1S/C31H33BrClN3O4S/c1-4-15-34(3)28(38)24-25-29(39)36(23(18-37)19-11-7-6-8-12-19)27(31(25)17-20(32)26(24)41-31)30(40)35(16-5-2)22-14-10-9-13-21(22)33/h4-14,20,23-27,37H,1-2,15-18H2,3H3/t20?,23-,24-,25+,26-,27?,31?/m1/s1. The highest BCUT2D eigenvalue weighted by Crippen LogP contribution is 2.68. The quantitative estimate of drug-likeness (QED) is 0.296. The van der Waals surface area contributed by atoms with E-state index in [1.165, 1.54) is 0 Å². The predicted molar refractivity (Wildman–Crippen MR) is 167 cm³/mol. The van der Waals surface area contributed by atoms with Crippen LogP contribution in [0, 0.1) is 11.8 Å². The number of likely N-dealkylation sites (N-methyl/N-ethyl adjacent to an activating group) is 1. The number of nitrogens with zero attached hydrogens (tertiary/aromatic N) is 3. The van der Waals surface area contributed by atoms with E-state index in [0.29, 0.717) is 29.2 Å². The van der Waals surface area contributed by atoms with E-state index in [4.69, 9.17) is 11.6 Å². The Bertz CT molecular complexity index is 1360. The van der Waals surface area contributed by atoms with Crippen LogP contribution in [0.4, 0.5) is 5.69 Å². The van der Waals surface area contributed by atoms with Gasteiger partial charge in [0.2, 0.25) is 11.8 Å². The lowest BCUT2D eigenvalue weighted by atomic mass is 9.70. The van der Waals surface area contributed by atoms with Gasteiger partial charge in [-0.3, -0.25) is 14.4 Å². The molecule has 0 aliphatic carbocycles. The van der Waals surface area contributed by atoms with E-state index in [1.807, 2.05) is 30.3 Å². The molecule has 41 heavy (non-hydrogen) atoms. The zero-order valence-electron chi connectivity index (χ0n) is 22.7. The van der Waals surface area contributed by atoms with Gasteiger partial charge in [0, 0.05) is 30.2 Å². The number of aliphatic hydroxyl groups is 1. The molecule has 5 rings (SSSR count). The van der Waals surface area contributed by atoms with Gasteiger partial charge in [0.25, 0.3) is 5.91 Å². The topological polar surface area (TPSA) is 81.2 Å². The van der Waals surface area contributed by atoms with Gasteiger partial charge < -0.3 is 19.8 Å². The third-order valence-corrected chi connectivity index (χ3v) is 12.0. The van der Waals surface area contributed by atoms with E-state index >= 15 is 0 Å². The minimum Gasteiger partial charge on any atom is -0.394 e. The van der Waals surface area contributed by atoms with Crippen molar-refractivity contribution < 1.29 is 19.5 Å². The Balaban J connectivity index is 1.68. The summed E-state index contributed by atoms with van der Waals surface area (Å²) in [5, 5.41) is 10.9. The summed E-state index contributed by atoms with van der Waals surface area (Å²) in [6.45, 7) is 7.77. The number of anilines is 1. The second-order valence-corrected chi connectivity index (χ2v) is 13.8. The van der Waals surface area contributed by atoms with Crippen LogP contribution in [0.3, 0.4) is 0 Å². The molecule has 1 spiro atoms. The van der Waals surface area contributed by atoms with Crippen molar-refractivity contribution in [3.63, 3.8) is 0 Å². The van der Waals surface area contributed by atoms with Crippen molar-refractivity contribution in [3.05, 3.63) is 90.5 Å². The molecule has 3 heterocycles. The third-order valence-electron chi connectivity index (χ3n) is 8.44. The fourth-order valence-corrected chi connectivity index (χ4v) is 10.6. The zero-order chi connectivity index (χ0) is 29.5. The molecule has 3 unspecified atom stereocenters. The molecule has 7 nitrogen and oxygen atoms in total. The van der Waals surface area contributed by atoms with E-state index in [1.54, 1.807) is 69.9 Å². The molecule has 3 amide bonds. The molecule has 10 heteroatoms. The maximum Gasteiger partial charge on any atom is 0.251 e. The summed E-state index contributed by atoms with van der Waals surface area (Å²) in [7, 11) is 1.71. The average molecular weight is 659 g/mol. The summed E-state index contributed by atoms with van der Waals surface area (Å²) in [4.78, 5) is 48.0. The van der Waals surface area contributed by atoms with E-state index in [0.717, 1.165) is 0 Å². The van der Waals surface area contributed by atoms with Crippen molar-refractivity contribution >= 4 is 62.7 Å². The Morgan fingerprint density at radius 2 is 1.80 bits per heavy atom. The van der Waals surface area contributed by atoms with Crippen LogP contribution in [0.25, 0.3) is 0 Å². The van der Waals surface area contributed by atoms with Crippen LogP contribution < -0.4 is 4.90 Å². The van der Waals surface area contributed by atoms with Crippen LogP contribution in [0.2, 0.25) is 5.02 Å². The number of amides is 3. The molecule has 2 aromatic rings. The first kappa shape index (κ1) is 29.9. The van der Waals surface area contributed by atoms with Gasteiger partial charge in [0.05, 0.1) is 39.9 Å². The lowest BCUT2D eigenvalue weighted by Gasteiger charge is -2.40. The Morgan fingerprint density at radius 3 is 2.44 bits per heavy atom. The summed E-state index contributed by atoms with van der Waals surface area (Å²) >= 11 is 11.9. The van der Waals surface area contributed by atoms with E-state index in [9.17, 15) is 19.5 Å². The van der Waals surface area contributed by atoms with Crippen LogP contribution in [0.15, 0.2) is 79.9 Å². The molecule has 3 aliphatic rings. The molecule has 216 valence electrons. The molecule has 3 aliphatic heterocycles. The molecule has 7 atom stereocenters. The highest BCUT2D eigenvalue weighted by molar-refractivity contribution is 9.09. The van der Waals surface area contributed by atoms with Gasteiger partial charge in [-0.05, 0) is 24.1 Å². The first-order chi connectivity index (χ1) is 19.7. The van der Waals surface area contributed by atoms with Gasteiger partial charge in [-0.25, -0.2) is 0 Å². The predicted octanol–water partition coefficient (Wildman–Crippen LogP) is 4.70. The summed E-state index contributed by atoms with van der Waals surface area (Å²) in [5.41, 5.74) is 1.23.